The highest BCUT2D eigenvalue weighted by Gasteiger charge is 2.13. The maximum absolute atomic E-state index is 11.6. The number of carbonyl (C=O) groups excluding carboxylic acids is 1. The minimum atomic E-state index is 0.111. The van der Waals surface area contributed by atoms with Crippen molar-refractivity contribution >= 4 is 17.2 Å². The van der Waals surface area contributed by atoms with Crippen LogP contribution >= 0.6 is 11.3 Å². The van der Waals surface area contributed by atoms with Crippen LogP contribution in [-0.2, 0) is 16.0 Å². The van der Waals surface area contributed by atoms with Crippen molar-refractivity contribution in [3.8, 4) is 0 Å². The normalized spacial score (nSPS) is 16.4. The number of hydrogen-bond acceptors (Lipinski definition) is 3. The van der Waals surface area contributed by atoms with Crippen molar-refractivity contribution in [2.45, 2.75) is 51.0 Å². The molecule has 2 rings (SSSR count). The molecule has 1 aliphatic carbocycles. The highest BCUT2D eigenvalue weighted by Crippen LogP contribution is 2.20. The van der Waals surface area contributed by atoms with Crippen molar-refractivity contribution in [3.63, 3.8) is 0 Å². The maximum atomic E-state index is 11.6. The molecule has 0 radical (unpaired) electrons. The van der Waals surface area contributed by atoms with Gasteiger partial charge < -0.3 is 10.1 Å². The maximum Gasteiger partial charge on any atom is 0.225 e. The average Bonchev–Trinajstić information content (AvgIpc) is 2.92. The summed E-state index contributed by atoms with van der Waals surface area (Å²) in [5.74, 6) is 0.111. The molecule has 1 aromatic heterocycles. The predicted octanol–water partition coefficient (Wildman–Crippen LogP) is 3.15. The lowest BCUT2D eigenvalue weighted by atomic mass is 9.98. The molecule has 1 saturated carbocycles. The molecule has 1 fully saturated rings. The highest BCUT2D eigenvalue weighted by atomic mass is 32.1. The van der Waals surface area contributed by atoms with E-state index in [4.69, 9.17) is 4.74 Å². The molecule has 1 N–H and O–H groups in total. The SMILES string of the molecule is O=C(Cc1cccs1)NCCCOC1CCCCC1. The second kappa shape index (κ2) is 8.33. The van der Waals surface area contributed by atoms with Gasteiger partial charge in [0.15, 0.2) is 0 Å². The topological polar surface area (TPSA) is 38.3 Å². The van der Waals surface area contributed by atoms with Gasteiger partial charge in [-0.15, -0.1) is 11.3 Å². The Kier molecular flexibility index (Phi) is 6.37. The van der Waals surface area contributed by atoms with Crippen LogP contribution in [-0.4, -0.2) is 25.2 Å². The number of rotatable bonds is 7. The molecule has 106 valence electrons. The smallest absolute Gasteiger partial charge is 0.225 e. The number of hydrogen-bond donors (Lipinski definition) is 1. The van der Waals surface area contributed by atoms with Crippen LogP contribution in [0.1, 0.15) is 43.4 Å². The van der Waals surface area contributed by atoms with Crippen LogP contribution in [0.2, 0.25) is 0 Å². The molecule has 1 aromatic rings. The predicted molar refractivity (Wildman–Crippen MR) is 78.5 cm³/mol. The van der Waals surface area contributed by atoms with Gasteiger partial charge in [-0.05, 0) is 30.7 Å². The second-order valence-electron chi connectivity index (χ2n) is 5.09. The third-order valence-electron chi connectivity index (χ3n) is 3.46. The van der Waals surface area contributed by atoms with Crippen molar-refractivity contribution in [2.75, 3.05) is 13.2 Å². The molecular weight excluding hydrogens is 258 g/mol. The van der Waals surface area contributed by atoms with Crippen LogP contribution in [0, 0.1) is 0 Å². The minimum Gasteiger partial charge on any atom is -0.378 e. The Bertz CT molecular complexity index is 358. The largest absolute Gasteiger partial charge is 0.378 e. The fraction of sp³-hybridized carbons (Fsp3) is 0.667. The molecule has 0 bridgehead atoms. The van der Waals surface area contributed by atoms with Gasteiger partial charge >= 0.3 is 0 Å². The molecule has 0 spiro atoms. The number of nitrogens with one attached hydrogen (secondary N) is 1. The summed E-state index contributed by atoms with van der Waals surface area (Å²) in [6, 6.07) is 3.97. The summed E-state index contributed by atoms with van der Waals surface area (Å²) in [5, 5.41) is 4.95. The fourth-order valence-corrected chi connectivity index (χ4v) is 3.12. The van der Waals surface area contributed by atoms with E-state index in [0.717, 1.165) is 24.4 Å². The van der Waals surface area contributed by atoms with Crippen LogP contribution in [0.15, 0.2) is 17.5 Å². The number of carbonyl (C=O) groups is 1. The van der Waals surface area contributed by atoms with Gasteiger partial charge in [0.05, 0.1) is 12.5 Å². The highest BCUT2D eigenvalue weighted by molar-refractivity contribution is 7.10. The van der Waals surface area contributed by atoms with E-state index >= 15 is 0 Å². The fourth-order valence-electron chi connectivity index (χ4n) is 2.42. The second-order valence-corrected chi connectivity index (χ2v) is 6.12. The van der Waals surface area contributed by atoms with E-state index in [1.54, 1.807) is 11.3 Å². The lowest BCUT2D eigenvalue weighted by Crippen LogP contribution is -2.27. The van der Waals surface area contributed by atoms with E-state index in [1.807, 2.05) is 17.5 Å². The van der Waals surface area contributed by atoms with Gasteiger partial charge in [0.25, 0.3) is 0 Å². The van der Waals surface area contributed by atoms with Gasteiger partial charge in [-0.25, -0.2) is 0 Å². The number of ether oxygens (including phenoxy) is 1. The standard InChI is InChI=1S/C15H23NO2S/c17-15(12-14-8-4-11-19-14)16-9-5-10-18-13-6-2-1-3-7-13/h4,8,11,13H,1-3,5-7,9-10,12H2,(H,16,17). The molecule has 1 aliphatic rings. The van der Waals surface area contributed by atoms with Crippen molar-refractivity contribution in [2.24, 2.45) is 0 Å². The Balaban J connectivity index is 1.48. The molecule has 1 amide bonds. The molecule has 3 nitrogen and oxygen atoms in total. The van der Waals surface area contributed by atoms with E-state index in [0.29, 0.717) is 12.5 Å². The van der Waals surface area contributed by atoms with E-state index in [1.165, 1.54) is 32.1 Å². The Hall–Kier alpha value is -0.870. The van der Waals surface area contributed by atoms with E-state index in [9.17, 15) is 4.79 Å². The Labute approximate surface area is 119 Å². The Morgan fingerprint density at radius 1 is 1.37 bits per heavy atom. The van der Waals surface area contributed by atoms with Crippen LogP contribution in [0.5, 0.6) is 0 Å². The number of amides is 1. The Morgan fingerprint density at radius 2 is 2.21 bits per heavy atom. The van der Waals surface area contributed by atoms with Gasteiger partial charge in [0, 0.05) is 18.0 Å². The summed E-state index contributed by atoms with van der Waals surface area (Å²) in [4.78, 5) is 12.8. The molecule has 4 heteroatoms. The van der Waals surface area contributed by atoms with Crippen LogP contribution < -0.4 is 5.32 Å². The van der Waals surface area contributed by atoms with E-state index < -0.39 is 0 Å². The molecule has 1 heterocycles. The third-order valence-corrected chi connectivity index (χ3v) is 4.34. The van der Waals surface area contributed by atoms with Gasteiger partial charge in [0.1, 0.15) is 0 Å². The monoisotopic (exact) mass is 281 g/mol. The minimum absolute atomic E-state index is 0.111. The molecule has 0 aromatic carbocycles. The first-order valence-corrected chi connectivity index (χ1v) is 8.13. The van der Waals surface area contributed by atoms with Gasteiger partial charge in [-0.3, -0.25) is 4.79 Å². The summed E-state index contributed by atoms with van der Waals surface area (Å²) in [6.07, 6.45) is 8.28. The van der Waals surface area contributed by atoms with Crippen molar-refractivity contribution in [1.82, 2.24) is 5.32 Å². The molecule has 0 saturated heterocycles. The zero-order valence-electron chi connectivity index (χ0n) is 11.4. The zero-order chi connectivity index (χ0) is 13.3. The van der Waals surface area contributed by atoms with Gasteiger partial charge in [0.2, 0.25) is 5.91 Å². The van der Waals surface area contributed by atoms with Crippen LogP contribution in [0.3, 0.4) is 0 Å². The third kappa shape index (κ3) is 5.74. The molecule has 19 heavy (non-hydrogen) atoms. The molecule has 0 atom stereocenters. The summed E-state index contributed by atoms with van der Waals surface area (Å²) in [6.45, 7) is 1.49. The first-order chi connectivity index (χ1) is 9.34. The molecule has 0 aliphatic heterocycles. The van der Waals surface area contributed by atoms with Crippen molar-refractivity contribution in [1.29, 1.82) is 0 Å². The van der Waals surface area contributed by atoms with Gasteiger partial charge in [-0.2, -0.15) is 0 Å². The molecule has 0 unspecified atom stereocenters. The average molecular weight is 281 g/mol. The van der Waals surface area contributed by atoms with Crippen LogP contribution in [0.25, 0.3) is 0 Å². The molecular formula is C15H23NO2S. The quantitative estimate of drug-likeness (QED) is 0.780. The summed E-state index contributed by atoms with van der Waals surface area (Å²) in [7, 11) is 0. The van der Waals surface area contributed by atoms with Gasteiger partial charge in [-0.1, -0.05) is 25.3 Å². The summed E-state index contributed by atoms with van der Waals surface area (Å²) >= 11 is 1.63. The van der Waals surface area contributed by atoms with Crippen molar-refractivity contribution < 1.29 is 9.53 Å². The lowest BCUT2D eigenvalue weighted by Gasteiger charge is -2.21. The summed E-state index contributed by atoms with van der Waals surface area (Å²) < 4.78 is 5.82. The first kappa shape index (κ1) is 14.5. The first-order valence-electron chi connectivity index (χ1n) is 7.25. The zero-order valence-corrected chi connectivity index (χ0v) is 12.2. The summed E-state index contributed by atoms with van der Waals surface area (Å²) in [5.41, 5.74) is 0. The van der Waals surface area contributed by atoms with E-state index in [-0.39, 0.29) is 5.91 Å². The Morgan fingerprint density at radius 3 is 2.95 bits per heavy atom. The van der Waals surface area contributed by atoms with E-state index in [2.05, 4.69) is 5.32 Å². The van der Waals surface area contributed by atoms with Crippen LogP contribution in [0.4, 0.5) is 0 Å². The lowest BCUT2D eigenvalue weighted by molar-refractivity contribution is -0.120. The van der Waals surface area contributed by atoms with Crippen molar-refractivity contribution in [3.05, 3.63) is 22.4 Å². The number of thiophene rings is 1.